The van der Waals surface area contributed by atoms with Crippen molar-refractivity contribution in [3.8, 4) is 0 Å². The van der Waals surface area contributed by atoms with Gasteiger partial charge in [-0.05, 0) is 30.7 Å². The summed E-state index contributed by atoms with van der Waals surface area (Å²) in [7, 11) is 0. The molecule has 0 unspecified atom stereocenters. The van der Waals surface area contributed by atoms with Gasteiger partial charge in [0.05, 0.1) is 0 Å². The minimum absolute atomic E-state index is 0.954. The van der Waals surface area contributed by atoms with Crippen LogP contribution in [0.5, 0.6) is 0 Å². The molecule has 0 radical (unpaired) electrons. The largest absolute Gasteiger partial charge is 0.384 e. The molecule has 0 aliphatic carbocycles. The lowest BCUT2D eigenvalue weighted by Gasteiger charge is -2.06. The fourth-order valence-corrected chi connectivity index (χ4v) is 2.70. The average Bonchev–Trinajstić information content (AvgIpc) is 2.87. The molecule has 0 saturated carbocycles. The number of anilines is 1. The number of hydrogen-bond donors (Lipinski definition) is 2. The fraction of sp³-hybridized carbons (Fsp3) is 0.333. The molecule has 96 valence electrons. The Kier molecular flexibility index (Phi) is 5.24. The Morgan fingerprint density at radius 1 is 0.944 bits per heavy atom. The Morgan fingerprint density at radius 2 is 1.72 bits per heavy atom. The summed E-state index contributed by atoms with van der Waals surface area (Å²) in [6.45, 7) is 5.11. The van der Waals surface area contributed by atoms with Crippen molar-refractivity contribution in [2.75, 3.05) is 18.4 Å². The highest BCUT2D eigenvalue weighted by atomic mass is 32.1. The molecule has 0 spiro atoms. The van der Waals surface area contributed by atoms with Crippen LogP contribution in [0.25, 0.3) is 0 Å². The van der Waals surface area contributed by atoms with Crippen molar-refractivity contribution in [1.29, 1.82) is 0 Å². The van der Waals surface area contributed by atoms with E-state index in [0.717, 1.165) is 26.1 Å². The first-order valence-corrected chi connectivity index (χ1v) is 7.27. The van der Waals surface area contributed by atoms with Gasteiger partial charge in [-0.15, -0.1) is 11.3 Å². The van der Waals surface area contributed by atoms with Crippen LogP contribution in [0.4, 0.5) is 5.69 Å². The van der Waals surface area contributed by atoms with Gasteiger partial charge in [-0.3, -0.25) is 0 Å². The zero-order chi connectivity index (χ0) is 12.6. The van der Waals surface area contributed by atoms with E-state index in [9.17, 15) is 0 Å². The van der Waals surface area contributed by atoms with Crippen molar-refractivity contribution in [1.82, 2.24) is 5.32 Å². The van der Waals surface area contributed by atoms with E-state index in [-0.39, 0.29) is 0 Å². The lowest BCUT2D eigenvalue weighted by molar-refractivity contribution is 0.714. The van der Waals surface area contributed by atoms with E-state index in [0.29, 0.717) is 0 Å². The predicted octanol–water partition coefficient (Wildman–Crippen LogP) is 3.51. The molecule has 18 heavy (non-hydrogen) atoms. The van der Waals surface area contributed by atoms with Gasteiger partial charge in [-0.1, -0.05) is 25.1 Å². The first-order valence-electron chi connectivity index (χ1n) is 6.45. The summed E-state index contributed by atoms with van der Waals surface area (Å²) in [6, 6.07) is 14.8. The fourth-order valence-electron chi connectivity index (χ4n) is 1.77. The monoisotopic (exact) mass is 260 g/mol. The van der Waals surface area contributed by atoms with E-state index in [2.05, 4.69) is 41.8 Å². The van der Waals surface area contributed by atoms with Gasteiger partial charge >= 0.3 is 0 Å². The van der Waals surface area contributed by atoms with E-state index in [1.165, 1.54) is 15.4 Å². The summed E-state index contributed by atoms with van der Waals surface area (Å²) >= 11 is 1.90. The molecule has 0 amide bonds. The molecule has 1 heterocycles. The van der Waals surface area contributed by atoms with Crippen molar-refractivity contribution in [2.45, 2.75) is 19.9 Å². The molecule has 0 aliphatic heterocycles. The number of rotatable bonds is 7. The van der Waals surface area contributed by atoms with Crippen molar-refractivity contribution < 1.29 is 0 Å². The Morgan fingerprint density at radius 3 is 2.44 bits per heavy atom. The second-order valence-electron chi connectivity index (χ2n) is 4.19. The van der Waals surface area contributed by atoms with Gasteiger partial charge in [0.2, 0.25) is 0 Å². The zero-order valence-electron chi connectivity index (χ0n) is 10.8. The molecule has 0 saturated heterocycles. The molecule has 2 N–H and O–H groups in total. The van der Waals surface area contributed by atoms with Crippen LogP contribution >= 0.6 is 11.3 Å². The van der Waals surface area contributed by atoms with Gasteiger partial charge in [0, 0.05) is 35.1 Å². The molecule has 2 aromatic rings. The van der Waals surface area contributed by atoms with Crippen LogP contribution in [0.15, 0.2) is 42.5 Å². The van der Waals surface area contributed by atoms with Crippen molar-refractivity contribution >= 4 is 17.0 Å². The molecule has 0 fully saturated rings. The molecule has 0 aliphatic rings. The number of aryl methyl sites for hydroxylation is 1. The van der Waals surface area contributed by atoms with Crippen LogP contribution in [0, 0.1) is 0 Å². The minimum Gasteiger partial charge on any atom is -0.384 e. The number of hydrogen-bond acceptors (Lipinski definition) is 3. The lowest BCUT2D eigenvalue weighted by Crippen LogP contribution is -2.21. The second kappa shape index (κ2) is 7.19. The van der Waals surface area contributed by atoms with E-state index in [4.69, 9.17) is 0 Å². The highest BCUT2D eigenvalue weighted by Crippen LogP contribution is 2.16. The zero-order valence-corrected chi connectivity index (χ0v) is 11.6. The number of para-hydroxylation sites is 1. The smallest absolute Gasteiger partial charge is 0.0340 e. The number of benzene rings is 1. The Labute approximate surface area is 113 Å². The van der Waals surface area contributed by atoms with Gasteiger partial charge < -0.3 is 10.6 Å². The summed E-state index contributed by atoms with van der Waals surface area (Å²) in [4.78, 5) is 2.89. The molecule has 0 atom stereocenters. The molecule has 0 bridgehead atoms. The van der Waals surface area contributed by atoms with Crippen molar-refractivity contribution in [3.63, 3.8) is 0 Å². The van der Waals surface area contributed by atoms with E-state index >= 15 is 0 Å². The maximum atomic E-state index is 3.46. The van der Waals surface area contributed by atoms with Crippen LogP contribution in [-0.2, 0) is 13.0 Å². The van der Waals surface area contributed by atoms with Crippen LogP contribution in [-0.4, -0.2) is 13.1 Å². The second-order valence-corrected chi connectivity index (χ2v) is 5.44. The van der Waals surface area contributed by atoms with Gasteiger partial charge in [0.1, 0.15) is 0 Å². The molecule has 1 aromatic heterocycles. The molecule has 2 nitrogen and oxygen atoms in total. The van der Waals surface area contributed by atoms with Crippen LogP contribution in [0.2, 0.25) is 0 Å². The SMILES string of the molecule is CCc1ccc(CNCCNc2ccccc2)s1. The van der Waals surface area contributed by atoms with Crippen molar-refractivity contribution in [3.05, 3.63) is 52.2 Å². The van der Waals surface area contributed by atoms with Gasteiger partial charge in [0.25, 0.3) is 0 Å². The third-order valence-electron chi connectivity index (χ3n) is 2.77. The first-order chi connectivity index (χ1) is 8.88. The molecule has 1 aromatic carbocycles. The Hall–Kier alpha value is -1.32. The standard InChI is InChI=1S/C15H20N2S/c1-2-14-8-9-15(18-14)12-16-10-11-17-13-6-4-3-5-7-13/h3-9,16-17H,2,10-12H2,1H3. The molecule has 2 rings (SSSR count). The average molecular weight is 260 g/mol. The van der Waals surface area contributed by atoms with E-state index in [1.807, 2.05) is 29.5 Å². The predicted molar refractivity (Wildman–Crippen MR) is 80.3 cm³/mol. The minimum atomic E-state index is 0.954. The molecular weight excluding hydrogens is 240 g/mol. The summed E-state index contributed by atoms with van der Waals surface area (Å²) in [5, 5.41) is 6.85. The van der Waals surface area contributed by atoms with Gasteiger partial charge in [-0.2, -0.15) is 0 Å². The highest BCUT2D eigenvalue weighted by Gasteiger charge is 1.97. The van der Waals surface area contributed by atoms with E-state index < -0.39 is 0 Å². The van der Waals surface area contributed by atoms with Crippen LogP contribution in [0.3, 0.4) is 0 Å². The summed E-state index contributed by atoms with van der Waals surface area (Å²) in [6.07, 6.45) is 1.14. The highest BCUT2D eigenvalue weighted by molar-refractivity contribution is 7.11. The normalized spacial score (nSPS) is 10.5. The first kappa shape index (κ1) is 13.1. The van der Waals surface area contributed by atoms with E-state index in [1.54, 1.807) is 0 Å². The van der Waals surface area contributed by atoms with Crippen LogP contribution < -0.4 is 10.6 Å². The van der Waals surface area contributed by atoms with Crippen LogP contribution in [0.1, 0.15) is 16.7 Å². The third kappa shape index (κ3) is 4.17. The molecule has 3 heteroatoms. The maximum absolute atomic E-state index is 3.46. The van der Waals surface area contributed by atoms with Gasteiger partial charge in [-0.25, -0.2) is 0 Å². The quantitative estimate of drug-likeness (QED) is 0.744. The third-order valence-corrected chi connectivity index (χ3v) is 4.00. The summed E-state index contributed by atoms with van der Waals surface area (Å²) < 4.78 is 0. The molecular formula is C15H20N2S. The van der Waals surface area contributed by atoms with Gasteiger partial charge in [0.15, 0.2) is 0 Å². The number of nitrogens with one attached hydrogen (secondary N) is 2. The number of thiophene rings is 1. The topological polar surface area (TPSA) is 24.1 Å². The Balaban J connectivity index is 1.61. The summed E-state index contributed by atoms with van der Waals surface area (Å²) in [5.74, 6) is 0. The van der Waals surface area contributed by atoms with Crippen molar-refractivity contribution in [2.24, 2.45) is 0 Å². The maximum Gasteiger partial charge on any atom is 0.0340 e. The Bertz CT molecular complexity index is 451. The lowest BCUT2D eigenvalue weighted by atomic mass is 10.3. The summed E-state index contributed by atoms with van der Waals surface area (Å²) in [5.41, 5.74) is 1.18.